The van der Waals surface area contributed by atoms with Gasteiger partial charge in [0.1, 0.15) is 0 Å². The quantitative estimate of drug-likeness (QED) is 0.746. The summed E-state index contributed by atoms with van der Waals surface area (Å²) in [6, 6.07) is 8.22. The molecule has 0 aliphatic rings. The van der Waals surface area contributed by atoms with Gasteiger partial charge in [0.25, 0.3) is 0 Å². The standard InChI is InChI=1S/C14H20O/c1-4-10-14(15,5-2)11-13-9-7-6-8-12(13)3/h4,6-10,15H,5,11H2,1-3H3. The smallest absolute Gasteiger partial charge is 0.0865 e. The molecule has 0 saturated carbocycles. The highest BCUT2D eigenvalue weighted by Crippen LogP contribution is 2.21. The zero-order valence-electron chi connectivity index (χ0n) is 9.83. The molecule has 0 aliphatic carbocycles. The third-order valence-electron chi connectivity index (χ3n) is 2.85. The fraction of sp³-hybridized carbons (Fsp3) is 0.429. The fourth-order valence-electron chi connectivity index (χ4n) is 1.75. The van der Waals surface area contributed by atoms with E-state index in [1.807, 2.05) is 38.1 Å². The SMILES string of the molecule is CC=CC(O)(CC)Cc1ccccc1C. The van der Waals surface area contributed by atoms with Crippen molar-refractivity contribution in [3.05, 3.63) is 47.5 Å². The van der Waals surface area contributed by atoms with Crippen LogP contribution < -0.4 is 0 Å². The van der Waals surface area contributed by atoms with Crippen LogP contribution in [0.5, 0.6) is 0 Å². The average molecular weight is 204 g/mol. The lowest BCUT2D eigenvalue weighted by Gasteiger charge is -2.23. The first kappa shape index (κ1) is 12.0. The molecule has 1 aromatic carbocycles. The van der Waals surface area contributed by atoms with E-state index >= 15 is 0 Å². The summed E-state index contributed by atoms with van der Waals surface area (Å²) in [4.78, 5) is 0. The van der Waals surface area contributed by atoms with Crippen LogP contribution in [0.3, 0.4) is 0 Å². The minimum Gasteiger partial charge on any atom is -0.385 e. The molecule has 0 heterocycles. The largest absolute Gasteiger partial charge is 0.385 e. The van der Waals surface area contributed by atoms with E-state index in [-0.39, 0.29) is 0 Å². The molecule has 1 rings (SSSR count). The Hall–Kier alpha value is -1.08. The molecule has 0 bridgehead atoms. The molecule has 82 valence electrons. The molecular formula is C14H20O. The third kappa shape index (κ3) is 3.21. The van der Waals surface area contributed by atoms with Crippen molar-refractivity contribution < 1.29 is 5.11 Å². The highest BCUT2D eigenvalue weighted by molar-refractivity contribution is 5.28. The summed E-state index contributed by atoms with van der Waals surface area (Å²) in [5, 5.41) is 10.3. The molecule has 1 N–H and O–H groups in total. The molecule has 0 aliphatic heterocycles. The molecule has 1 heteroatoms. The predicted molar refractivity (Wildman–Crippen MR) is 64.9 cm³/mol. The monoisotopic (exact) mass is 204 g/mol. The van der Waals surface area contributed by atoms with Crippen molar-refractivity contribution in [1.29, 1.82) is 0 Å². The van der Waals surface area contributed by atoms with E-state index in [2.05, 4.69) is 19.1 Å². The van der Waals surface area contributed by atoms with Gasteiger partial charge in [0.15, 0.2) is 0 Å². The van der Waals surface area contributed by atoms with Crippen LogP contribution in [0.25, 0.3) is 0 Å². The summed E-state index contributed by atoms with van der Waals surface area (Å²) in [5.74, 6) is 0. The number of allylic oxidation sites excluding steroid dienone is 1. The van der Waals surface area contributed by atoms with E-state index in [0.717, 1.165) is 6.42 Å². The normalized spacial score (nSPS) is 15.5. The molecule has 0 fully saturated rings. The summed E-state index contributed by atoms with van der Waals surface area (Å²) in [6.07, 6.45) is 5.24. The maximum atomic E-state index is 10.3. The van der Waals surface area contributed by atoms with E-state index in [0.29, 0.717) is 6.42 Å². The maximum Gasteiger partial charge on any atom is 0.0865 e. The highest BCUT2D eigenvalue weighted by Gasteiger charge is 2.21. The van der Waals surface area contributed by atoms with E-state index < -0.39 is 5.60 Å². The van der Waals surface area contributed by atoms with Crippen molar-refractivity contribution in [3.63, 3.8) is 0 Å². The van der Waals surface area contributed by atoms with E-state index in [1.165, 1.54) is 11.1 Å². The molecule has 0 spiro atoms. The molecule has 1 nitrogen and oxygen atoms in total. The van der Waals surface area contributed by atoms with E-state index in [4.69, 9.17) is 0 Å². The number of aliphatic hydroxyl groups is 1. The van der Waals surface area contributed by atoms with Crippen molar-refractivity contribution in [2.24, 2.45) is 0 Å². The number of rotatable bonds is 4. The zero-order valence-corrected chi connectivity index (χ0v) is 9.83. The lowest BCUT2D eigenvalue weighted by Crippen LogP contribution is -2.28. The first-order chi connectivity index (χ1) is 7.11. The number of benzene rings is 1. The number of hydrogen-bond acceptors (Lipinski definition) is 1. The molecule has 1 unspecified atom stereocenters. The fourth-order valence-corrected chi connectivity index (χ4v) is 1.75. The minimum absolute atomic E-state index is 0.694. The first-order valence-corrected chi connectivity index (χ1v) is 5.52. The van der Waals surface area contributed by atoms with Crippen LogP contribution in [0, 0.1) is 6.92 Å². The van der Waals surface area contributed by atoms with Crippen LogP contribution in [0.4, 0.5) is 0 Å². The van der Waals surface area contributed by atoms with Gasteiger partial charge in [-0.25, -0.2) is 0 Å². The van der Waals surface area contributed by atoms with Crippen LogP contribution in [0.15, 0.2) is 36.4 Å². The van der Waals surface area contributed by atoms with Crippen molar-refractivity contribution in [2.45, 2.75) is 39.2 Å². The Morgan fingerprint density at radius 2 is 2.00 bits per heavy atom. The van der Waals surface area contributed by atoms with Gasteiger partial charge in [-0.3, -0.25) is 0 Å². The van der Waals surface area contributed by atoms with Gasteiger partial charge in [-0.05, 0) is 31.4 Å². The van der Waals surface area contributed by atoms with E-state index in [9.17, 15) is 5.11 Å². The molecule has 1 atom stereocenters. The van der Waals surface area contributed by atoms with Gasteiger partial charge in [0.2, 0.25) is 0 Å². The van der Waals surface area contributed by atoms with Gasteiger partial charge in [-0.2, -0.15) is 0 Å². The molecule has 0 amide bonds. The topological polar surface area (TPSA) is 20.2 Å². The van der Waals surface area contributed by atoms with Gasteiger partial charge in [0, 0.05) is 6.42 Å². The third-order valence-corrected chi connectivity index (χ3v) is 2.85. The Morgan fingerprint density at radius 1 is 1.33 bits per heavy atom. The highest BCUT2D eigenvalue weighted by atomic mass is 16.3. The van der Waals surface area contributed by atoms with E-state index in [1.54, 1.807) is 0 Å². The first-order valence-electron chi connectivity index (χ1n) is 5.52. The van der Waals surface area contributed by atoms with Gasteiger partial charge >= 0.3 is 0 Å². The molecule has 0 aromatic heterocycles. The molecule has 15 heavy (non-hydrogen) atoms. The lowest BCUT2D eigenvalue weighted by atomic mass is 9.89. The molecular weight excluding hydrogens is 184 g/mol. The second-order valence-electron chi connectivity index (χ2n) is 4.06. The lowest BCUT2D eigenvalue weighted by molar-refractivity contribution is 0.0869. The second kappa shape index (κ2) is 5.13. The van der Waals surface area contributed by atoms with Gasteiger partial charge < -0.3 is 5.11 Å². The Balaban J connectivity index is 2.88. The molecule has 1 aromatic rings. The summed E-state index contributed by atoms with van der Waals surface area (Å²) in [7, 11) is 0. The Kier molecular flexibility index (Phi) is 4.10. The van der Waals surface area contributed by atoms with Crippen molar-refractivity contribution >= 4 is 0 Å². The van der Waals surface area contributed by atoms with Gasteiger partial charge in [0.05, 0.1) is 5.60 Å². The van der Waals surface area contributed by atoms with Crippen molar-refractivity contribution in [1.82, 2.24) is 0 Å². The zero-order chi connectivity index (χ0) is 11.3. The van der Waals surface area contributed by atoms with Crippen molar-refractivity contribution in [2.75, 3.05) is 0 Å². The Bertz CT molecular complexity index is 341. The van der Waals surface area contributed by atoms with Crippen LogP contribution in [-0.4, -0.2) is 10.7 Å². The Morgan fingerprint density at radius 3 is 2.53 bits per heavy atom. The molecule has 0 saturated heterocycles. The van der Waals surface area contributed by atoms with Gasteiger partial charge in [-0.1, -0.05) is 43.3 Å². The van der Waals surface area contributed by atoms with Crippen LogP contribution in [0.1, 0.15) is 31.4 Å². The summed E-state index contributed by atoms with van der Waals surface area (Å²) < 4.78 is 0. The minimum atomic E-state index is -0.694. The Labute approximate surface area is 92.5 Å². The molecule has 0 radical (unpaired) electrons. The average Bonchev–Trinajstić information content (AvgIpc) is 2.22. The van der Waals surface area contributed by atoms with Crippen molar-refractivity contribution in [3.8, 4) is 0 Å². The van der Waals surface area contributed by atoms with Gasteiger partial charge in [-0.15, -0.1) is 0 Å². The van der Waals surface area contributed by atoms with Crippen LogP contribution >= 0.6 is 0 Å². The maximum absolute atomic E-state index is 10.3. The number of hydrogen-bond donors (Lipinski definition) is 1. The van der Waals surface area contributed by atoms with Crippen LogP contribution in [-0.2, 0) is 6.42 Å². The summed E-state index contributed by atoms with van der Waals surface area (Å²) >= 11 is 0. The summed E-state index contributed by atoms with van der Waals surface area (Å²) in [5.41, 5.74) is 1.77. The summed E-state index contributed by atoms with van der Waals surface area (Å²) in [6.45, 7) is 6.04. The van der Waals surface area contributed by atoms with Crippen LogP contribution in [0.2, 0.25) is 0 Å². The second-order valence-corrected chi connectivity index (χ2v) is 4.06. The predicted octanol–water partition coefficient (Wildman–Crippen LogP) is 3.25. The number of aryl methyl sites for hydroxylation is 1.